The van der Waals surface area contributed by atoms with Crippen molar-refractivity contribution in [1.82, 2.24) is 10.2 Å². The maximum absolute atomic E-state index is 15.0. The number of hydrogen-bond donors (Lipinski definition) is 2. The summed E-state index contributed by atoms with van der Waals surface area (Å²) in [6.45, 7) is 8.51. The fourth-order valence-corrected chi connectivity index (χ4v) is 7.30. The Morgan fingerprint density at radius 2 is 1.71 bits per heavy atom. The van der Waals surface area contributed by atoms with E-state index in [4.69, 9.17) is 9.47 Å². The summed E-state index contributed by atoms with van der Waals surface area (Å²) in [5.41, 5.74) is 1.41. The van der Waals surface area contributed by atoms with Crippen molar-refractivity contribution >= 4 is 61.9 Å². The molecule has 0 aliphatic carbocycles. The van der Waals surface area contributed by atoms with Crippen molar-refractivity contribution in [2.75, 3.05) is 37.2 Å². The smallest absolute Gasteiger partial charge is 0.407 e. The lowest BCUT2D eigenvalue weighted by atomic mass is 9.87. The van der Waals surface area contributed by atoms with Crippen LogP contribution in [0.2, 0.25) is 0 Å². The van der Waals surface area contributed by atoms with Gasteiger partial charge in [0.1, 0.15) is 17.8 Å². The lowest BCUT2D eigenvalue weighted by Crippen LogP contribution is -2.61. The van der Waals surface area contributed by atoms with Crippen molar-refractivity contribution < 1.29 is 33.8 Å². The van der Waals surface area contributed by atoms with Crippen molar-refractivity contribution in [3.63, 3.8) is 0 Å². The lowest BCUT2D eigenvalue weighted by Gasteiger charge is -2.37. The minimum absolute atomic E-state index is 0.0751. The van der Waals surface area contributed by atoms with Crippen LogP contribution in [0.25, 0.3) is 10.8 Å². The minimum atomic E-state index is -1.26. The fourth-order valence-electron chi connectivity index (χ4n) is 6.81. The fraction of sp³-hybridized carbons (Fsp3) is 0.459. The number of hydrogen-bond acceptors (Lipinski definition) is 6. The SMILES string of the molecule is COc1ccc2c(Br)cccc2c1CN1C(=O)[C@@H](NC(=O)[C@H](CC(C)(C)C)N(C)C(=O)O)[C@H](C)N(C(=O)C2CCOCC2)c2ccccc21. The molecule has 12 heteroatoms. The Bertz CT molecular complexity index is 1740. The first-order chi connectivity index (χ1) is 23.2. The molecule has 49 heavy (non-hydrogen) atoms. The molecule has 2 N–H and O–H groups in total. The van der Waals surface area contributed by atoms with Crippen LogP contribution in [0.5, 0.6) is 5.75 Å². The highest BCUT2D eigenvalue weighted by molar-refractivity contribution is 9.10. The van der Waals surface area contributed by atoms with Gasteiger partial charge in [-0.2, -0.15) is 0 Å². The topological polar surface area (TPSA) is 129 Å². The monoisotopic (exact) mass is 736 g/mol. The van der Waals surface area contributed by atoms with E-state index in [1.165, 1.54) is 7.05 Å². The van der Waals surface area contributed by atoms with Gasteiger partial charge in [0.15, 0.2) is 0 Å². The maximum Gasteiger partial charge on any atom is 0.407 e. The summed E-state index contributed by atoms with van der Waals surface area (Å²) >= 11 is 3.65. The molecule has 0 unspecified atom stereocenters. The Kier molecular flexibility index (Phi) is 10.9. The number of fused-ring (bicyclic) bond motifs is 2. The predicted octanol–water partition coefficient (Wildman–Crippen LogP) is 6.21. The molecule has 0 bridgehead atoms. The molecule has 4 amide bonds. The van der Waals surface area contributed by atoms with Gasteiger partial charge in [-0.25, -0.2) is 4.79 Å². The van der Waals surface area contributed by atoms with E-state index in [9.17, 15) is 24.3 Å². The highest BCUT2D eigenvalue weighted by Crippen LogP contribution is 2.40. The number of methoxy groups -OCH3 is 1. The Labute approximate surface area is 295 Å². The van der Waals surface area contributed by atoms with Crippen LogP contribution in [0.15, 0.2) is 59.1 Å². The Balaban J connectivity index is 1.66. The number of anilines is 2. The van der Waals surface area contributed by atoms with Crippen molar-refractivity contribution in [3.8, 4) is 5.75 Å². The molecule has 0 spiro atoms. The van der Waals surface area contributed by atoms with Gasteiger partial charge >= 0.3 is 6.09 Å². The molecule has 3 aromatic rings. The van der Waals surface area contributed by atoms with Crippen molar-refractivity contribution in [1.29, 1.82) is 0 Å². The summed E-state index contributed by atoms with van der Waals surface area (Å²) in [6.07, 6.45) is 0.0354. The van der Waals surface area contributed by atoms with Crippen LogP contribution >= 0.6 is 15.9 Å². The summed E-state index contributed by atoms with van der Waals surface area (Å²) in [5, 5.41) is 14.6. The Morgan fingerprint density at radius 3 is 2.35 bits per heavy atom. The molecule has 3 atom stereocenters. The van der Waals surface area contributed by atoms with E-state index >= 15 is 0 Å². The number of carboxylic acid groups (broad SMARTS) is 1. The van der Waals surface area contributed by atoms with Gasteiger partial charge in [-0.15, -0.1) is 0 Å². The molecular weight excluding hydrogens is 692 g/mol. The molecule has 2 aliphatic rings. The van der Waals surface area contributed by atoms with Crippen LogP contribution in [0.4, 0.5) is 16.2 Å². The number of rotatable bonds is 8. The quantitative estimate of drug-likeness (QED) is 0.282. The van der Waals surface area contributed by atoms with E-state index in [-0.39, 0.29) is 24.8 Å². The zero-order chi connectivity index (χ0) is 35.6. The third-order valence-corrected chi connectivity index (χ3v) is 10.1. The summed E-state index contributed by atoms with van der Waals surface area (Å²) in [4.78, 5) is 59.9. The molecule has 0 radical (unpaired) electrons. The summed E-state index contributed by atoms with van der Waals surface area (Å²) in [5.74, 6) is -0.947. The van der Waals surface area contributed by atoms with Gasteiger partial charge in [0.2, 0.25) is 11.8 Å². The molecule has 1 saturated heterocycles. The van der Waals surface area contributed by atoms with Crippen molar-refractivity contribution in [2.45, 2.75) is 71.6 Å². The number of halogens is 1. The zero-order valence-corrected chi connectivity index (χ0v) is 30.5. The average Bonchev–Trinajstić information content (AvgIpc) is 3.15. The number of ether oxygens (including phenoxy) is 2. The summed E-state index contributed by atoms with van der Waals surface area (Å²) in [7, 11) is 2.93. The molecule has 0 aromatic heterocycles. The Morgan fingerprint density at radius 1 is 1.04 bits per heavy atom. The van der Waals surface area contributed by atoms with E-state index in [1.807, 2.05) is 75.4 Å². The van der Waals surface area contributed by atoms with Crippen molar-refractivity contribution in [3.05, 3.63) is 64.6 Å². The molecule has 3 aromatic carbocycles. The van der Waals surface area contributed by atoms with Crippen LogP contribution < -0.4 is 19.9 Å². The van der Waals surface area contributed by atoms with E-state index < -0.39 is 41.4 Å². The number of para-hydroxylation sites is 2. The molecule has 5 rings (SSSR count). The molecule has 0 saturated carbocycles. The van der Waals surface area contributed by atoms with E-state index in [0.29, 0.717) is 43.2 Å². The third-order valence-electron chi connectivity index (χ3n) is 9.45. The number of nitrogens with zero attached hydrogens (tertiary/aromatic N) is 3. The highest BCUT2D eigenvalue weighted by Gasteiger charge is 2.45. The van der Waals surface area contributed by atoms with E-state index in [0.717, 1.165) is 25.7 Å². The van der Waals surface area contributed by atoms with Gasteiger partial charge in [-0.1, -0.05) is 61.0 Å². The molecular formula is C37H45BrN4O7. The van der Waals surface area contributed by atoms with Crippen LogP contribution in [0.1, 0.15) is 52.5 Å². The molecule has 2 aliphatic heterocycles. The van der Waals surface area contributed by atoms with Gasteiger partial charge < -0.3 is 29.7 Å². The molecule has 11 nitrogen and oxygen atoms in total. The number of carbonyl (C=O) groups excluding carboxylic acids is 3. The average molecular weight is 738 g/mol. The maximum atomic E-state index is 15.0. The second-order valence-corrected chi connectivity index (χ2v) is 14.8. The highest BCUT2D eigenvalue weighted by atomic mass is 79.9. The number of amides is 4. The van der Waals surface area contributed by atoms with Gasteiger partial charge in [-0.3, -0.25) is 19.3 Å². The normalized spacial score (nSPS) is 19.2. The largest absolute Gasteiger partial charge is 0.496 e. The van der Waals surface area contributed by atoms with Crippen LogP contribution in [0.3, 0.4) is 0 Å². The van der Waals surface area contributed by atoms with Crippen LogP contribution in [-0.4, -0.2) is 79.3 Å². The van der Waals surface area contributed by atoms with Crippen LogP contribution in [-0.2, 0) is 25.7 Å². The number of carbonyl (C=O) groups is 4. The first-order valence-electron chi connectivity index (χ1n) is 16.5. The van der Waals surface area contributed by atoms with Gasteiger partial charge in [-0.05, 0) is 72.7 Å². The Hall–Kier alpha value is -4.16. The van der Waals surface area contributed by atoms with Gasteiger partial charge in [0.25, 0.3) is 5.91 Å². The summed E-state index contributed by atoms with van der Waals surface area (Å²) in [6, 6.07) is 13.8. The standard InChI is InChI=1S/C37H45BrN4O7/c1-22-32(39-33(43)30(20-37(2,3)4)40(5)36(46)47)35(45)41(21-26-24-10-9-11-27(38)25(24)14-15-31(26)48-6)28-12-7-8-13-29(28)42(22)34(44)23-16-18-49-19-17-23/h7-15,22-23,30,32H,16-21H2,1-6H3,(H,39,43)(H,46,47)/t22-,30-,32-/m0/s1. The number of benzene rings is 3. The molecule has 1 fully saturated rings. The number of nitrogens with one attached hydrogen (secondary N) is 1. The first-order valence-corrected chi connectivity index (χ1v) is 17.3. The number of likely N-dealkylation sites (N-methyl/N-ethyl adjacent to an activating group) is 1. The van der Waals surface area contributed by atoms with E-state index in [2.05, 4.69) is 21.2 Å². The van der Waals surface area contributed by atoms with E-state index in [1.54, 1.807) is 23.8 Å². The first kappa shape index (κ1) is 36.1. The third kappa shape index (κ3) is 7.55. The van der Waals surface area contributed by atoms with Crippen molar-refractivity contribution in [2.24, 2.45) is 11.3 Å². The van der Waals surface area contributed by atoms with Crippen LogP contribution in [0, 0.1) is 11.3 Å². The molecule has 262 valence electrons. The predicted molar refractivity (Wildman–Crippen MR) is 192 cm³/mol. The zero-order valence-electron chi connectivity index (χ0n) is 28.9. The summed E-state index contributed by atoms with van der Waals surface area (Å²) < 4.78 is 12.2. The molecule has 2 heterocycles. The second-order valence-electron chi connectivity index (χ2n) is 14.0. The second kappa shape index (κ2) is 14.8. The van der Waals surface area contributed by atoms with Gasteiger partial charge in [0.05, 0.1) is 31.1 Å². The van der Waals surface area contributed by atoms with Gasteiger partial charge in [0, 0.05) is 36.2 Å². The minimum Gasteiger partial charge on any atom is -0.496 e. The lowest BCUT2D eigenvalue weighted by molar-refractivity contribution is -0.132.